The van der Waals surface area contributed by atoms with Gasteiger partial charge in [-0.3, -0.25) is 0 Å². The Hall–Kier alpha value is -1.10. The molecule has 0 aliphatic rings. The Bertz CT molecular complexity index is 586. The van der Waals surface area contributed by atoms with E-state index in [0.717, 1.165) is 5.56 Å². The summed E-state index contributed by atoms with van der Waals surface area (Å²) in [4.78, 5) is 4.31. The maximum atomic E-state index is 9.79. The zero-order valence-electron chi connectivity index (χ0n) is 11.3. The van der Waals surface area contributed by atoms with Gasteiger partial charge in [-0.05, 0) is 24.1 Å². The second-order valence-corrected chi connectivity index (χ2v) is 5.55. The van der Waals surface area contributed by atoms with Crippen LogP contribution in [0.3, 0.4) is 0 Å². The summed E-state index contributed by atoms with van der Waals surface area (Å²) in [6.45, 7) is 3.78. The second-order valence-electron chi connectivity index (χ2n) is 4.74. The predicted molar refractivity (Wildman–Crippen MR) is 78.3 cm³/mol. The monoisotopic (exact) mass is 314 g/mol. The molecule has 0 aliphatic heterocycles. The van der Waals surface area contributed by atoms with E-state index in [0.29, 0.717) is 34.6 Å². The molecule has 2 atom stereocenters. The summed E-state index contributed by atoms with van der Waals surface area (Å²) in [5.74, 6) is 0.845. The fourth-order valence-corrected chi connectivity index (χ4v) is 2.20. The van der Waals surface area contributed by atoms with E-state index in [1.165, 1.54) is 0 Å². The molecule has 2 rings (SSSR count). The minimum Gasteiger partial charge on any atom is -0.392 e. The van der Waals surface area contributed by atoms with Crippen molar-refractivity contribution in [1.82, 2.24) is 10.1 Å². The van der Waals surface area contributed by atoms with E-state index in [1.807, 2.05) is 19.9 Å². The number of aliphatic hydroxyl groups excluding tert-OH is 1. The number of halogens is 2. The van der Waals surface area contributed by atoms with Crippen molar-refractivity contribution in [2.24, 2.45) is 0 Å². The molecule has 0 aliphatic carbocycles. The van der Waals surface area contributed by atoms with Gasteiger partial charge in [-0.15, -0.1) is 0 Å². The van der Waals surface area contributed by atoms with Gasteiger partial charge >= 0.3 is 0 Å². The number of hydrogen-bond acceptors (Lipinski definition) is 4. The van der Waals surface area contributed by atoms with Crippen LogP contribution < -0.4 is 0 Å². The lowest BCUT2D eigenvalue weighted by Crippen LogP contribution is -2.14. The molecule has 108 valence electrons. The Labute approximate surface area is 127 Å². The largest absolute Gasteiger partial charge is 0.392 e. The summed E-state index contributed by atoms with van der Waals surface area (Å²) >= 11 is 11.8. The highest BCUT2D eigenvalue weighted by Gasteiger charge is 2.21. The van der Waals surface area contributed by atoms with E-state index in [1.54, 1.807) is 12.1 Å². The van der Waals surface area contributed by atoms with Gasteiger partial charge in [-0.2, -0.15) is 4.98 Å². The molecule has 0 saturated carbocycles. The molecule has 1 heterocycles. The highest BCUT2D eigenvalue weighted by atomic mass is 35.5. The molecule has 1 N–H and O–H groups in total. The van der Waals surface area contributed by atoms with E-state index in [2.05, 4.69) is 10.1 Å². The van der Waals surface area contributed by atoms with Crippen LogP contribution in [0.4, 0.5) is 0 Å². The van der Waals surface area contributed by atoms with Gasteiger partial charge < -0.3 is 9.63 Å². The third kappa shape index (κ3) is 3.51. The maximum absolute atomic E-state index is 9.79. The molecule has 0 amide bonds. The Balaban J connectivity index is 2.11. The highest BCUT2D eigenvalue weighted by molar-refractivity contribution is 6.42. The summed E-state index contributed by atoms with van der Waals surface area (Å²) in [7, 11) is 0. The molecule has 0 bridgehead atoms. The Kier molecular flexibility index (Phi) is 5.02. The van der Waals surface area contributed by atoms with Crippen LogP contribution >= 0.6 is 23.2 Å². The molecule has 1 aromatic carbocycles. The number of nitrogens with zero attached hydrogens (tertiary/aromatic N) is 2. The Morgan fingerprint density at radius 2 is 2.05 bits per heavy atom. The van der Waals surface area contributed by atoms with Crippen molar-refractivity contribution in [1.29, 1.82) is 0 Å². The maximum Gasteiger partial charge on any atom is 0.232 e. The van der Waals surface area contributed by atoms with Crippen molar-refractivity contribution in [2.75, 3.05) is 0 Å². The number of aliphatic hydroxyl groups is 1. The summed E-state index contributed by atoms with van der Waals surface area (Å²) in [6.07, 6.45) is 0.675. The van der Waals surface area contributed by atoms with E-state index in [4.69, 9.17) is 27.7 Å². The normalized spacial score (nSPS) is 14.2. The first kappa shape index (κ1) is 15.3. The minimum absolute atomic E-state index is 0.171. The lowest BCUT2D eigenvalue weighted by atomic mass is 10.0. The van der Waals surface area contributed by atoms with Gasteiger partial charge in [0, 0.05) is 6.42 Å². The average molecular weight is 315 g/mol. The summed E-state index contributed by atoms with van der Waals surface area (Å²) in [5, 5.41) is 14.7. The van der Waals surface area contributed by atoms with Crippen LogP contribution in [0.5, 0.6) is 0 Å². The van der Waals surface area contributed by atoms with Gasteiger partial charge in [0.25, 0.3) is 0 Å². The zero-order chi connectivity index (χ0) is 14.7. The van der Waals surface area contributed by atoms with E-state index < -0.39 is 6.10 Å². The van der Waals surface area contributed by atoms with Crippen molar-refractivity contribution in [3.63, 3.8) is 0 Å². The smallest absolute Gasteiger partial charge is 0.232 e. The molecule has 4 nitrogen and oxygen atoms in total. The third-order valence-corrected chi connectivity index (χ3v) is 3.95. The quantitative estimate of drug-likeness (QED) is 0.910. The fraction of sp³-hybridized carbons (Fsp3) is 0.429. The van der Waals surface area contributed by atoms with Crippen LogP contribution in [0.1, 0.15) is 43.5 Å². The number of hydrogen-bond donors (Lipinski definition) is 1. The van der Waals surface area contributed by atoms with Gasteiger partial charge in [0.15, 0.2) is 5.82 Å². The van der Waals surface area contributed by atoms with Gasteiger partial charge in [0.05, 0.1) is 22.1 Å². The number of aromatic nitrogens is 2. The lowest BCUT2D eigenvalue weighted by Gasteiger charge is -2.11. The van der Waals surface area contributed by atoms with Crippen LogP contribution in [-0.2, 0) is 6.42 Å². The lowest BCUT2D eigenvalue weighted by molar-refractivity contribution is 0.129. The first-order valence-corrected chi connectivity index (χ1v) is 7.21. The number of benzene rings is 1. The minimum atomic E-state index is -0.478. The van der Waals surface area contributed by atoms with Gasteiger partial charge in [0.1, 0.15) is 0 Å². The highest BCUT2D eigenvalue weighted by Crippen LogP contribution is 2.24. The summed E-state index contributed by atoms with van der Waals surface area (Å²) < 4.78 is 5.20. The topological polar surface area (TPSA) is 59.2 Å². The Morgan fingerprint density at radius 1 is 1.30 bits per heavy atom. The average Bonchev–Trinajstić information content (AvgIpc) is 2.89. The van der Waals surface area contributed by atoms with Crippen molar-refractivity contribution in [3.8, 4) is 0 Å². The molecule has 0 saturated heterocycles. The standard InChI is InChI=1S/C14H16Cl2N2O2/c1-3-12(19)8(2)14-17-13(18-20-14)7-9-4-5-10(15)11(16)6-9/h4-6,8,12,19H,3,7H2,1-2H3. The first-order valence-electron chi connectivity index (χ1n) is 6.45. The second kappa shape index (κ2) is 6.57. The summed E-state index contributed by atoms with van der Waals surface area (Å²) in [6, 6.07) is 5.39. The van der Waals surface area contributed by atoms with Crippen LogP contribution in [-0.4, -0.2) is 21.4 Å². The third-order valence-electron chi connectivity index (χ3n) is 3.22. The molecule has 1 aromatic heterocycles. The molecule has 2 aromatic rings. The first-order chi connectivity index (χ1) is 9.51. The fourth-order valence-electron chi connectivity index (χ4n) is 1.87. The van der Waals surface area contributed by atoms with Gasteiger partial charge in [0.2, 0.25) is 5.89 Å². The molecule has 0 fully saturated rings. The van der Waals surface area contributed by atoms with Crippen molar-refractivity contribution in [2.45, 2.75) is 38.7 Å². The molecular formula is C14H16Cl2N2O2. The molecule has 6 heteroatoms. The summed E-state index contributed by atoms with van der Waals surface area (Å²) in [5.41, 5.74) is 0.954. The molecule has 20 heavy (non-hydrogen) atoms. The van der Waals surface area contributed by atoms with Crippen molar-refractivity contribution in [3.05, 3.63) is 45.5 Å². The van der Waals surface area contributed by atoms with E-state index >= 15 is 0 Å². The van der Waals surface area contributed by atoms with Crippen LogP contribution in [0.25, 0.3) is 0 Å². The zero-order valence-corrected chi connectivity index (χ0v) is 12.8. The predicted octanol–water partition coefficient (Wildman–Crippen LogP) is 3.84. The van der Waals surface area contributed by atoms with Gasteiger partial charge in [-0.25, -0.2) is 0 Å². The molecule has 0 spiro atoms. The van der Waals surface area contributed by atoms with Crippen molar-refractivity contribution < 1.29 is 9.63 Å². The van der Waals surface area contributed by atoms with Crippen LogP contribution in [0.2, 0.25) is 10.0 Å². The van der Waals surface area contributed by atoms with E-state index in [9.17, 15) is 5.11 Å². The van der Waals surface area contributed by atoms with Gasteiger partial charge in [-0.1, -0.05) is 48.3 Å². The molecular weight excluding hydrogens is 299 g/mol. The molecule has 0 radical (unpaired) electrons. The van der Waals surface area contributed by atoms with Crippen molar-refractivity contribution >= 4 is 23.2 Å². The van der Waals surface area contributed by atoms with Crippen LogP contribution in [0, 0.1) is 0 Å². The SMILES string of the molecule is CCC(O)C(C)c1nc(Cc2ccc(Cl)c(Cl)c2)no1. The number of rotatable bonds is 5. The Morgan fingerprint density at radius 3 is 2.70 bits per heavy atom. The van der Waals surface area contributed by atoms with Crippen LogP contribution in [0.15, 0.2) is 22.7 Å². The van der Waals surface area contributed by atoms with E-state index in [-0.39, 0.29) is 5.92 Å². The molecule has 2 unspecified atom stereocenters.